The minimum atomic E-state index is 0.870. The summed E-state index contributed by atoms with van der Waals surface area (Å²) in [5.74, 6) is 0. The third-order valence-corrected chi connectivity index (χ3v) is 11.4. The van der Waals surface area contributed by atoms with Crippen LogP contribution in [-0.4, -0.2) is 0 Å². The highest BCUT2D eigenvalue weighted by Crippen LogP contribution is 2.47. The standard InChI is InChI=1S/C56H37NO/c1-4-13-38(14-5-1)44-25-23-40-27-32-48(36-46(40)35-44)57(53-34-33-50(41-17-8-3-9-18-41)56-55(53)51-20-10-11-22-54(51)58-56)47-30-28-43(29-31-47)49-21-12-19-42-24-26-45(37-52(42)49)39-15-6-2-7-16-39/h1-37H. The molecule has 11 rings (SSSR count). The number of rotatable bonds is 7. The topological polar surface area (TPSA) is 16.4 Å². The lowest BCUT2D eigenvalue weighted by atomic mass is 9.94. The number of benzene rings is 10. The summed E-state index contributed by atoms with van der Waals surface area (Å²) in [4.78, 5) is 2.40. The maximum absolute atomic E-state index is 6.77. The van der Waals surface area contributed by atoms with E-state index >= 15 is 0 Å². The first-order valence-corrected chi connectivity index (χ1v) is 19.8. The molecule has 0 unspecified atom stereocenters. The summed E-state index contributed by atoms with van der Waals surface area (Å²) >= 11 is 0. The fraction of sp³-hybridized carbons (Fsp3) is 0. The number of fused-ring (bicyclic) bond motifs is 5. The van der Waals surface area contributed by atoms with E-state index in [1.807, 2.05) is 6.07 Å². The Balaban J connectivity index is 1.11. The van der Waals surface area contributed by atoms with Crippen LogP contribution in [0.3, 0.4) is 0 Å². The smallest absolute Gasteiger partial charge is 0.145 e. The molecule has 1 aromatic heterocycles. The molecule has 0 saturated heterocycles. The fourth-order valence-corrected chi connectivity index (χ4v) is 8.58. The predicted molar refractivity (Wildman–Crippen MR) is 245 cm³/mol. The molecule has 0 spiro atoms. The lowest BCUT2D eigenvalue weighted by Gasteiger charge is -2.27. The molecule has 0 saturated carbocycles. The number of hydrogen-bond acceptors (Lipinski definition) is 2. The van der Waals surface area contributed by atoms with Crippen LogP contribution in [0.15, 0.2) is 229 Å². The summed E-state index contributed by atoms with van der Waals surface area (Å²) in [6.07, 6.45) is 0. The highest BCUT2D eigenvalue weighted by molar-refractivity contribution is 6.17. The van der Waals surface area contributed by atoms with E-state index in [1.54, 1.807) is 0 Å². The molecule has 0 aliphatic carbocycles. The van der Waals surface area contributed by atoms with Crippen LogP contribution in [0.5, 0.6) is 0 Å². The van der Waals surface area contributed by atoms with Gasteiger partial charge in [-0.15, -0.1) is 0 Å². The van der Waals surface area contributed by atoms with E-state index in [1.165, 1.54) is 54.9 Å². The number of furan rings is 1. The molecule has 11 aromatic rings. The van der Waals surface area contributed by atoms with Crippen molar-refractivity contribution in [1.29, 1.82) is 0 Å². The van der Waals surface area contributed by atoms with E-state index in [-0.39, 0.29) is 0 Å². The zero-order valence-electron chi connectivity index (χ0n) is 31.7. The maximum atomic E-state index is 6.77. The van der Waals surface area contributed by atoms with Crippen molar-refractivity contribution in [3.8, 4) is 44.5 Å². The summed E-state index contributed by atoms with van der Waals surface area (Å²) in [6.45, 7) is 0. The highest BCUT2D eigenvalue weighted by atomic mass is 16.3. The molecule has 2 heteroatoms. The quantitative estimate of drug-likeness (QED) is 0.162. The summed E-state index contributed by atoms with van der Waals surface area (Å²) in [5.41, 5.74) is 14.3. The summed E-state index contributed by atoms with van der Waals surface area (Å²) in [6, 6.07) is 80.6. The van der Waals surface area contributed by atoms with Gasteiger partial charge in [0.05, 0.1) is 11.1 Å². The van der Waals surface area contributed by atoms with E-state index in [2.05, 4.69) is 223 Å². The molecule has 0 atom stereocenters. The zero-order chi connectivity index (χ0) is 38.4. The molecular formula is C56H37NO. The van der Waals surface area contributed by atoms with Crippen LogP contribution >= 0.6 is 0 Å². The Morgan fingerprint density at radius 2 is 0.897 bits per heavy atom. The van der Waals surface area contributed by atoms with Gasteiger partial charge in [-0.3, -0.25) is 0 Å². The van der Waals surface area contributed by atoms with Gasteiger partial charge in [0.25, 0.3) is 0 Å². The molecule has 272 valence electrons. The second kappa shape index (κ2) is 14.1. The monoisotopic (exact) mass is 739 g/mol. The third kappa shape index (κ3) is 5.91. The van der Waals surface area contributed by atoms with Gasteiger partial charge < -0.3 is 9.32 Å². The van der Waals surface area contributed by atoms with Gasteiger partial charge in [-0.05, 0) is 115 Å². The van der Waals surface area contributed by atoms with Gasteiger partial charge in [0.15, 0.2) is 0 Å². The highest BCUT2D eigenvalue weighted by Gasteiger charge is 2.22. The number of nitrogens with zero attached hydrogens (tertiary/aromatic N) is 1. The molecule has 0 aliphatic rings. The van der Waals surface area contributed by atoms with E-state index in [4.69, 9.17) is 4.42 Å². The largest absolute Gasteiger partial charge is 0.455 e. The van der Waals surface area contributed by atoms with Crippen molar-refractivity contribution in [2.75, 3.05) is 4.90 Å². The van der Waals surface area contributed by atoms with Crippen LogP contribution in [0.2, 0.25) is 0 Å². The lowest BCUT2D eigenvalue weighted by Crippen LogP contribution is -2.10. The molecule has 10 aromatic carbocycles. The van der Waals surface area contributed by atoms with Crippen molar-refractivity contribution in [3.63, 3.8) is 0 Å². The van der Waals surface area contributed by atoms with Gasteiger partial charge in [-0.2, -0.15) is 0 Å². The maximum Gasteiger partial charge on any atom is 0.145 e. The van der Waals surface area contributed by atoms with E-state index in [9.17, 15) is 0 Å². The van der Waals surface area contributed by atoms with E-state index in [0.29, 0.717) is 0 Å². The first kappa shape index (κ1) is 33.6. The predicted octanol–water partition coefficient (Wildman–Crippen LogP) is 16.0. The van der Waals surface area contributed by atoms with Gasteiger partial charge in [0.1, 0.15) is 11.2 Å². The Morgan fingerprint density at radius 3 is 1.64 bits per heavy atom. The molecule has 0 fully saturated rings. The Hall–Kier alpha value is -7.68. The van der Waals surface area contributed by atoms with Crippen LogP contribution in [-0.2, 0) is 0 Å². The number of anilines is 3. The van der Waals surface area contributed by atoms with Crippen LogP contribution in [0, 0.1) is 0 Å². The van der Waals surface area contributed by atoms with Crippen LogP contribution < -0.4 is 4.90 Å². The van der Waals surface area contributed by atoms with Crippen molar-refractivity contribution in [1.82, 2.24) is 0 Å². The second-order valence-electron chi connectivity index (χ2n) is 14.9. The molecule has 0 aliphatic heterocycles. The second-order valence-corrected chi connectivity index (χ2v) is 14.9. The molecule has 1 heterocycles. The van der Waals surface area contributed by atoms with Gasteiger partial charge >= 0.3 is 0 Å². The average Bonchev–Trinajstić information content (AvgIpc) is 3.70. The molecule has 0 radical (unpaired) electrons. The Kier molecular flexibility index (Phi) is 8.19. The number of para-hydroxylation sites is 1. The van der Waals surface area contributed by atoms with Gasteiger partial charge in [0, 0.05) is 22.3 Å². The Morgan fingerprint density at radius 1 is 0.310 bits per heavy atom. The first-order valence-electron chi connectivity index (χ1n) is 19.8. The van der Waals surface area contributed by atoms with Crippen molar-refractivity contribution in [2.45, 2.75) is 0 Å². The van der Waals surface area contributed by atoms with Gasteiger partial charge in [-0.1, -0.05) is 170 Å². The normalized spacial score (nSPS) is 11.4. The van der Waals surface area contributed by atoms with Crippen LogP contribution in [0.4, 0.5) is 17.1 Å². The molecule has 0 amide bonds. The molecule has 0 N–H and O–H groups in total. The van der Waals surface area contributed by atoms with E-state index in [0.717, 1.165) is 50.1 Å². The van der Waals surface area contributed by atoms with Crippen molar-refractivity contribution < 1.29 is 4.42 Å². The van der Waals surface area contributed by atoms with Crippen molar-refractivity contribution in [2.24, 2.45) is 0 Å². The average molecular weight is 740 g/mol. The summed E-state index contributed by atoms with van der Waals surface area (Å²) in [5, 5.41) is 7.01. The summed E-state index contributed by atoms with van der Waals surface area (Å²) in [7, 11) is 0. The Labute approximate surface area is 337 Å². The van der Waals surface area contributed by atoms with Gasteiger partial charge in [0.2, 0.25) is 0 Å². The molecule has 58 heavy (non-hydrogen) atoms. The van der Waals surface area contributed by atoms with Crippen LogP contribution in [0.1, 0.15) is 0 Å². The minimum Gasteiger partial charge on any atom is -0.455 e. The fourth-order valence-electron chi connectivity index (χ4n) is 8.58. The third-order valence-electron chi connectivity index (χ3n) is 11.4. The van der Waals surface area contributed by atoms with Gasteiger partial charge in [-0.25, -0.2) is 0 Å². The first-order chi connectivity index (χ1) is 28.7. The van der Waals surface area contributed by atoms with Crippen molar-refractivity contribution >= 4 is 60.5 Å². The van der Waals surface area contributed by atoms with E-state index < -0.39 is 0 Å². The minimum absolute atomic E-state index is 0.870. The van der Waals surface area contributed by atoms with Crippen molar-refractivity contribution in [3.05, 3.63) is 224 Å². The lowest BCUT2D eigenvalue weighted by molar-refractivity contribution is 0.670. The SMILES string of the molecule is c1ccc(-c2ccc3ccc(N(c4ccc(-c5cccc6ccc(-c7ccccc7)cc56)cc4)c4ccc(-c5ccccc5)c5oc6ccccc6c45)cc3c2)cc1. The summed E-state index contributed by atoms with van der Waals surface area (Å²) < 4.78 is 6.77. The Bertz CT molecular complexity index is 3260. The number of hydrogen-bond donors (Lipinski definition) is 0. The molecular weight excluding hydrogens is 703 g/mol. The van der Waals surface area contributed by atoms with Crippen LogP contribution in [0.25, 0.3) is 88.0 Å². The molecule has 2 nitrogen and oxygen atoms in total. The molecule has 0 bridgehead atoms. The zero-order valence-corrected chi connectivity index (χ0v) is 31.7.